The Kier molecular flexibility index (Phi) is 5.03. The number of aromatic amines is 1. The van der Waals surface area contributed by atoms with E-state index in [1.165, 1.54) is 11.3 Å². The standard InChI is InChI=1S/C13H15F2N3O2S/c1-8-17-11(7-21-8)9-4-10(16-5-9)13(20)18(2-3-19)6-12(14)15/h4-5,7,12,16,19H,2-3,6H2,1H3. The van der Waals surface area contributed by atoms with Gasteiger partial charge in [0.15, 0.2) is 0 Å². The average Bonchev–Trinajstić information content (AvgIpc) is 3.05. The second kappa shape index (κ2) is 6.77. The number of thiazole rings is 1. The van der Waals surface area contributed by atoms with Crippen molar-refractivity contribution in [2.75, 3.05) is 19.7 Å². The summed E-state index contributed by atoms with van der Waals surface area (Å²) in [4.78, 5) is 20.1. The van der Waals surface area contributed by atoms with Gasteiger partial charge in [-0.3, -0.25) is 4.79 Å². The lowest BCUT2D eigenvalue weighted by Gasteiger charge is -2.20. The summed E-state index contributed by atoms with van der Waals surface area (Å²) in [5.74, 6) is -0.567. The summed E-state index contributed by atoms with van der Waals surface area (Å²) in [5, 5.41) is 11.6. The van der Waals surface area contributed by atoms with Crippen LogP contribution in [0.3, 0.4) is 0 Å². The highest BCUT2D eigenvalue weighted by molar-refractivity contribution is 7.09. The van der Waals surface area contributed by atoms with E-state index in [1.807, 2.05) is 12.3 Å². The van der Waals surface area contributed by atoms with Crippen molar-refractivity contribution in [2.45, 2.75) is 13.3 Å². The van der Waals surface area contributed by atoms with Gasteiger partial charge in [0.1, 0.15) is 5.69 Å². The highest BCUT2D eigenvalue weighted by Crippen LogP contribution is 2.22. The Labute approximate surface area is 124 Å². The first-order chi connectivity index (χ1) is 10.0. The largest absolute Gasteiger partial charge is 0.395 e. The number of hydrogen-bond donors (Lipinski definition) is 2. The van der Waals surface area contributed by atoms with Crippen molar-refractivity contribution >= 4 is 17.2 Å². The maximum absolute atomic E-state index is 12.5. The number of carbonyl (C=O) groups is 1. The molecule has 0 aromatic carbocycles. The molecule has 21 heavy (non-hydrogen) atoms. The minimum absolute atomic E-state index is 0.132. The zero-order valence-corrected chi connectivity index (χ0v) is 12.2. The first kappa shape index (κ1) is 15.6. The quantitative estimate of drug-likeness (QED) is 0.858. The first-order valence-electron chi connectivity index (χ1n) is 6.30. The Hall–Kier alpha value is -1.80. The Morgan fingerprint density at radius 1 is 1.57 bits per heavy atom. The normalized spacial score (nSPS) is 11.1. The van der Waals surface area contributed by atoms with Crippen LogP contribution in [0.4, 0.5) is 8.78 Å². The molecule has 0 saturated carbocycles. The number of nitrogens with zero attached hydrogens (tertiary/aromatic N) is 2. The van der Waals surface area contributed by atoms with Crippen LogP contribution in [0, 0.1) is 6.92 Å². The molecule has 0 aliphatic heterocycles. The molecule has 0 aliphatic rings. The fourth-order valence-corrected chi connectivity index (χ4v) is 2.52. The van der Waals surface area contributed by atoms with Crippen molar-refractivity contribution in [2.24, 2.45) is 0 Å². The number of alkyl halides is 2. The topological polar surface area (TPSA) is 69.2 Å². The first-order valence-corrected chi connectivity index (χ1v) is 7.18. The number of carbonyl (C=O) groups excluding carboxylic acids is 1. The fraction of sp³-hybridized carbons (Fsp3) is 0.385. The number of amides is 1. The maximum Gasteiger partial charge on any atom is 0.270 e. The third-order valence-corrected chi connectivity index (χ3v) is 3.62. The number of aliphatic hydroxyl groups excluding tert-OH is 1. The van der Waals surface area contributed by atoms with Gasteiger partial charge in [0.05, 0.1) is 23.9 Å². The Bertz CT molecular complexity index is 612. The number of aryl methyl sites for hydroxylation is 1. The van der Waals surface area contributed by atoms with E-state index in [0.29, 0.717) is 0 Å². The van der Waals surface area contributed by atoms with E-state index in [0.717, 1.165) is 21.2 Å². The van der Waals surface area contributed by atoms with Crippen molar-refractivity contribution in [3.8, 4) is 11.3 Å². The molecular weight excluding hydrogens is 300 g/mol. The second-order valence-corrected chi connectivity index (χ2v) is 5.48. The summed E-state index contributed by atoms with van der Waals surface area (Å²) in [7, 11) is 0. The van der Waals surface area contributed by atoms with Crippen LogP contribution in [0.15, 0.2) is 17.6 Å². The van der Waals surface area contributed by atoms with Gasteiger partial charge in [-0.2, -0.15) is 0 Å². The van der Waals surface area contributed by atoms with Crippen LogP contribution in [0.1, 0.15) is 15.5 Å². The molecule has 0 saturated heterocycles. The van der Waals surface area contributed by atoms with Crippen LogP contribution in [0.5, 0.6) is 0 Å². The van der Waals surface area contributed by atoms with E-state index < -0.39 is 18.9 Å². The minimum Gasteiger partial charge on any atom is -0.395 e. The summed E-state index contributed by atoms with van der Waals surface area (Å²) in [5.41, 5.74) is 1.66. The van der Waals surface area contributed by atoms with Crippen LogP contribution < -0.4 is 0 Å². The summed E-state index contributed by atoms with van der Waals surface area (Å²) < 4.78 is 24.9. The van der Waals surface area contributed by atoms with Gasteiger partial charge in [0.2, 0.25) is 0 Å². The molecule has 0 atom stereocenters. The van der Waals surface area contributed by atoms with Crippen molar-refractivity contribution in [1.29, 1.82) is 0 Å². The highest BCUT2D eigenvalue weighted by atomic mass is 32.1. The SMILES string of the molecule is Cc1nc(-c2c[nH]c(C(=O)N(CCO)CC(F)F)c2)cs1. The van der Waals surface area contributed by atoms with Gasteiger partial charge >= 0.3 is 0 Å². The third kappa shape index (κ3) is 3.85. The summed E-state index contributed by atoms with van der Waals surface area (Å²) in [6, 6.07) is 1.58. The molecule has 0 radical (unpaired) electrons. The van der Waals surface area contributed by atoms with Crippen LogP contribution >= 0.6 is 11.3 Å². The molecule has 114 valence electrons. The molecule has 0 spiro atoms. The zero-order chi connectivity index (χ0) is 15.4. The molecule has 0 unspecified atom stereocenters. The lowest BCUT2D eigenvalue weighted by atomic mass is 10.2. The van der Waals surface area contributed by atoms with Crippen molar-refractivity contribution < 1.29 is 18.7 Å². The molecule has 1 amide bonds. The lowest BCUT2D eigenvalue weighted by molar-refractivity contribution is 0.0505. The Morgan fingerprint density at radius 3 is 2.90 bits per heavy atom. The summed E-state index contributed by atoms with van der Waals surface area (Å²) in [6.07, 6.45) is -1.03. The molecule has 2 aromatic heterocycles. The molecule has 5 nitrogen and oxygen atoms in total. The van der Waals surface area contributed by atoms with Crippen LogP contribution in [0.2, 0.25) is 0 Å². The Balaban J connectivity index is 2.17. The van der Waals surface area contributed by atoms with Gasteiger partial charge in [-0.05, 0) is 13.0 Å². The monoisotopic (exact) mass is 315 g/mol. The van der Waals surface area contributed by atoms with Crippen molar-refractivity contribution in [3.05, 3.63) is 28.3 Å². The Morgan fingerprint density at radius 2 is 2.33 bits per heavy atom. The molecule has 2 heterocycles. The van der Waals surface area contributed by atoms with Crippen molar-refractivity contribution in [1.82, 2.24) is 14.9 Å². The second-order valence-electron chi connectivity index (χ2n) is 4.42. The van der Waals surface area contributed by atoms with E-state index in [-0.39, 0.29) is 18.8 Å². The number of halogens is 2. The fourth-order valence-electron chi connectivity index (χ4n) is 1.90. The van der Waals surface area contributed by atoms with E-state index in [4.69, 9.17) is 5.11 Å². The number of aromatic nitrogens is 2. The van der Waals surface area contributed by atoms with Gasteiger partial charge < -0.3 is 15.0 Å². The third-order valence-electron chi connectivity index (χ3n) is 2.84. The number of hydrogen-bond acceptors (Lipinski definition) is 4. The predicted octanol–water partition coefficient (Wildman–Crippen LogP) is 2.15. The molecule has 0 aliphatic carbocycles. The van der Waals surface area contributed by atoms with E-state index >= 15 is 0 Å². The smallest absolute Gasteiger partial charge is 0.270 e. The zero-order valence-electron chi connectivity index (χ0n) is 11.3. The van der Waals surface area contributed by atoms with Gasteiger partial charge in [0.25, 0.3) is 12.3 Å². The molecule has 8 heteroatoms. The van der Waals surface area contributed by atoms with Crippen LogP contribution in [-0.2, 0) is 0 Å². The molecule has 0 fully saturated rings. The lowest BCUT2D eigenvalue weighted by Crippen LogP contribution is -2.37. The molecule has 2 rings (SSSR count). The van der Waals surface area contributed by atoms with E-state index in [2.05, 4.69) is 9.97 Å². The number of rotatable bonds is 6. The number of aliphatic hydroxyl groups is 1. The van der Waals surface area contributed by atoms with Crippen LogP contribution in [0.25, 0.3) is 11.3 Å². The van der Waals surface area contributed by atoms with Gasteiger partial charge in [-0.1, -0.05) is 0 Å². The van der Waals surface area contributed by atoms with Gasteiger partial charge in [-0.15, -0.1) is 11.3 Å². The average molecular weight is 315 g/mol. The molecule has 2 N–H and O–H groups in total. The number of H-pyrrole nitrogens is 1. The highest BCUT2D eigenvalue weighted by Gasteiger charge is 2.21. The van der Waals surface area contributed by atoms with Crippen LogP contribution in [-0.4, -0.2) is 52.0 Å². The van der Waals surface area contributed by atoms with E-state index in [1.54, 1.807) is 12.3 Å². The predicted molar refractivity (Wildman–Crippen MR) is 75.6 cm³/mol. The minimum atomic E-state index is -2.64. The number of nitrogens with one attached hydrogen (secondary N) is 1. The van der Waals surface area contributed by atoms with E-state index in [9.17, 15) is 13.6 Å². The molecular formula is C13H15F2N3O2S. The van der Waals surface area contributed by atoms with Gasteiger partial charge in [0, 0.05) is 23.7 Å². The summed E-state index contributed by atoms with van der Waals surface area (Å²) >= 11 is 1.49. The van der Waals surface area contributed by atoms with Gasteiger partial charge in [-0.25, -0.2) is 13.8 Å². The molecule has 2 aromatic rings. The maximum atomic E-state index is 12.5. The van der Waals surface area contributed by atoms with Crippen molar-refractivity contribution in [3.63, 3.8) is 0 Å². The molecule has 0 bridgehead atoms. The summed E-state index contributed by atoms with van der Waals surface area (Å²) in [6.45, 7) is 0.673.